The largest absolute Gasteiger partial charge is 0.490 e. The van der Waals surface area contributed by atoms with Crippen molar-refractivity contribution in [3.63, 3.8) is 0 Å². The number of rotatable bonds is 8. The number of amides is 2. The minimum atomic E-state index is -4.70. The van der Waals surface area contributed by atoms with Crippen LogP contribution in [0.2, 0.25) is 0 Å². The van der Waals surface area contributed by atoms with Gasteiger partial charge in [0.25, 0.3) is 5.82 Å². The van der Waals surface area contributed by atoms with E-state index in [9.17, 15) is 22.8 Å². The van der Waals surface area contributed by atoms with Gasteiger partial charge in [-0.1, -0.05) is 30.3 Å². The van der Waals surface area contributed by atoms with E-state index in [4.69, 9.17) is 4.74 Å². The van der Waals surface area contributed by atoms with Gasteiger partial charge in [0.15, 0.2) is 0 Å². The van der Waals surface area contributed by atoms with E-state index in [1.165, 1.54) is 6.07 Å². The predicted octanol–water partition coefficient (Wildman–Crippen LogP) is 3.96. The third-order valence-corrected chi connectivity index (χ3v) is 8.83. The van der Waals surface area contributed by atoms with E-state index in [1.54, 1.807) is 24.0 Å². The van der Waals surface area contributed by atoms with E-state index < -0.39 is 12.0 Å². The second-order valence-electron chi connectivity index (χ2n) is 11.9. The molecule has 44 heavy (non-hydrogen) atoms. The molecular weight excluding hydrogens is 575 g/mol. The second kappa shape index (κ2) is 12.5. The molecule has 10 nitrogen and oxygen atoms in total. The molecular formula is C31H36F3N7O3. The second-order valence-corrected chi connectivity index (χ2v) is 11.9. The van der Waals surface area contributed by atoms with Gasteiger partial charge in [0.05, 0.1) is 11.8 Å². The monoisotopic (exact) mass is 611 g/mol. The van der Waals surface area contributed by atoms with Crippen LogP contribution < -0.4 is 10.1 Å². The Labute approximate surface area is 253 Å². The standard InChI is InChI=1S/C31H36F3N7O3/c1-20(42)39-14-11-22(12-15-39)29(43)40-16-13-27(26(19-40)21-5-3-2-4-6-21)35-18-23-17-24(7-10-28(23)44-25-8-9-25)41-30(31(32,33)34)36-37-38-41/h2-7,10,17,22,25-27,35H,8-9,11-16,18-19H2,1H3/t26-,27-/m0/s1. The van der Waals surface area contributed by atoms with Crippen molar-refractivity contribution in [3.05, 3.63) is 65.5 Å². The molecule has 1 saturated carbocycles. The number of piperidine rings is 2. The highest BCUT2D eigenvalue weighted by Gasteiger charge is 2.39. The normalized spacial score (nSPS) is 21.4. The summed E-state index contributed by atoms with van der Waals surface area (Å²) in [7, 11) is 0. The Kier molecular flexibility index (Phi) is 8.57. The van der Waals surface area contributed by atoms with Crippen LogP contribution in [0.15, 0.2) is 48.5 Å². The van der Waals surface area contributed by atoms with Crippen molar-refractivity contribution >= 4 is 11.8 Å². The van der Waals surface area contributed by atoms with Gasteiger partial charge in [0, 0.05) is 63.1 Å². The van der Waals surface area contributed by atoms with Crippen LogP contribution in [0.3, 0.4) is 0 Å². The first-order valence-corrected chi connectivity index (χ1v) is 15.2. The van der Waals surface area contributed by atoms with Gasteiger partial charge in [-0.15, -0.1) is 5.10 Å². The molecule has 2 aromatic carbocycles. The SMILES string of the molecule is CC(=O)N1CCC(C(=O)N2CC[C@H](NCc3cc(-n4nnnc4C(F)(F)F)ccc3OC3CC3)[C@H](c3ccccc3)C2)CC1. The summed E-state index contributed by atoms with van der Waals surface area (Å²) in [5, 5.41) is 13.7. The Morgan fingerprint density at radius 2 is 1.70 bits per heavy atom. The smallest absolute Gasteiger partial charge is 0.453 e. The van der Waals surface area contributed by atoms with Crippen LogP contribution in [0.25, 0.3) is 5.69 Å². The number of aromatic nitrogens is 4. The molecule has 6 rings (SSSR count). The molecule has 0 radical (unpaired) electrons. The molecule has 2 atom stereocenters. The molecule has 2 amide bonds. The van der Waals surface area contributed by atoms with Crippen molar-refractivity contribution < 1.29 is 27.5 Å². The van der Waals surface area contributed by atoms with Crippen molar-refractivity contribution in [2.75, 3.05) is 26.2 Å². The van der Waals surface area contributed by atoms with E-state index >= 15 is 0 Å². The highest BCUT2D eigenvalue weighted by molar-refractivity contribution is 5.80. The number of carbonyl (C=O) groups excluding carboxylic acids is 2. The molecule has 1 N–H and O–H groups in total. The van der Waals surface area contributed by atoms with Gasteiger partial charge in [-0.3, -0.25) is 9.59 Å². The Hall–Kier alpha value is -4.00. The number of carbonyl (C=O) groups is 2. The minimum Gasteiger partial charge on any atom is -0.490 e. The lowest BCUT2D eigenvalue weighted by Crippen LogP contribution is -2.52. The van der Waals surface area contributed by atoms with Gasteiger partial charge < -0.3 is 19.9 Å². The van der Waals surface area contributed by atoms with E-state index in [-0.39, 0.29) is 41.5 Å². The summed E-state index contributed by atoms with van der Waals surface area (Å²) < 4.78 is 47.4. The van der Waals surface area contributed by atoms with E-state index in [1.807, 2.05) is 23.1 Å². The van der Waals surface area contributed by atoms with Crippen molar-refractivity contribution in [3.8, 4) is 11.4 Å². The maximum atomic E-state index is 13.6. The molecule has 3 heterocycles. The van der Waals surface area contributed by atoms with Gasteiger partial charge in [0.1, 0.15) is 5.75 Å². The quantitative estimate of drug-likeness (QED) is 0.411. The summed E-state index contributed by atoms with van der Waals surface area (Å²) >= 11 is 0. The molecule has 2 aliphatic heterocycles. The lowest BCUT2D eigenvalue weighted by molar-refractivity contribution is -0.146. The number of nitrogens with zero attached hydrogens (tertiary/aromatic N) is 6. The highest BCUT2D eigenvalue weighted by Crippen LogP contribution is 2.34. The van der Waals surface area contributed by atoms with Gasteiger partial charge in [-0.05, 0) is 66.3 Å². The lowest BCUT2D eigenvalue weighted by Gasteiger charge is -2.42. The molecule has 3 fully saturated rings. The first-order valence-electron chi connectivity index (χ1n) is 15.2. The minimum absolute atomic E-state index is 0.0113. The van der Waals surface area contributed by atoms with Gasteiger partial charge in [-0.25, -0.2) is 0 Å². The molecule has 1 aliphatic carbocycles. The summed E-state index contributed by atoms with van der Waals surface area (Å²) in [6.07, 6.45) is -0.668. The molecule has 3 aliphatic rings. The third-order valence-electron chi connectivity index (χ3n) is 8.83. The average molecular weight is 612 g/mol. The Morgan fingerprint density at radius 1 is 0.977 bits per heavy atom. The van der Waals surface area contributed by atoms with Crippen LogP contribution in [0.5, 0.6) is 5.75 Å². The number of nitrogens with one attached hydrogen (secondary N) is 1. The summed E-state index contributed by atoms with van der Waals surface area (Å²) in [4.78, 5) is 29.1. The summed E-state index contributed by atoms with van der Waals surface area (Å²) in [6, 6.07) is 14.9. The van der Waals surface area contributed by atoms with Gasteiger partial charge in [-0.2, -0.15) is 17.9 Å². The van der Waals surface area contributed by atoms with Crippen molar-refractivity contribution in [2.45, 2.75) is 69.8 Å². The molecule has 13 heteroatoms. The van der Waals surface area contributed by atoms with Crippen LogP contribution >= 0.6 is 0 Å². The number of tetrazole rings is 1. The zero-order chi connectivity index (χ0) is 30.8. The van der Waals surface area contributed by atoms with Gasteiger partial charge in [0.2, 0.25) is 11.8 Å². The first kappa shape index (κ1) is 30.0. The van der Waals surface area contributed by atoms with Crippen molar-refractivity contribution in [1.82, 2.24) is 35.3 Å². The zero-order valence-electron chi connectivity index (χ0n) is 24.5. The summed E-state index contributed by atoms with van der Waals surface area (Å²) in [5.41, 5.74) is 2.01. The number of hydrogen-bond acceptors (Lipinski definition) is 7. The maximum absolute atomic E-state index is 13.6. The first-order chi connectivity index (χ1) is 21.2. The van der Waals surface area contributed by atoms with E-state index in [0.29, 0.717) is 68.0 Å². The highest BCUT2D eigenvalue weighted by atomic mass is 19.4. The topological polar surface area (TPSA) is 105 Å². The maximum Gasteiger partial charge on any atom is 0.453 e. The van der Waals surface area contributed by atoms with E-state index in [2.05, 4.69) is 33.0 Å². The number of alkyl halides is 3. The van der Waals surface area contributed by atoms with Crippen molar-refractivity contribution in [2.24, 2.45) is 5.92 Å². The van der Waals surface area contributed by atoms with Crippen LogP contribution in [-0.4, -0.2) is 80.1 Å². The molecule has 0 bridgehead atoms. The molecule has 3 aromatic rings. The molecule has 0 unspecified atom stereocenters. The Morgan fingerprint density at radius 3 is 2.39 bits per heavy atom. The number of benzene rings is 2. The number of halogens is 3. The lowest BCUT2D eigenvalue weighted by atomic mass is 9.84. The fraction of sp³-hybridized carbons (Fsp3) is 0.516. The van der Waals surface area contributed by atoms with Crippen LogP contribution in [0, 0.1) is 5.92 Å². The zero-order valence-corrected chi connectivity index (χ0v) is 24.5. The average Bonchev–Trinajstić information content (AvgIpc) is 3.70. The third kappa shape index (κ3) is 6.72. The van der Waals surface area contributed by atoms with Crippen LogP contribution in [-0.2, 0) is 22.3 Å². The molecule has 1 aromatic heterocycles. The predicted molar refractivity (Wildman–Crippen MR) is 154 cm³/mol. The number of likely N-dealkylation sites (tertiary alicyclic amines) is 2. The number of hydrogen-bond donors (Lipinski definition) is 1. The molecule has 0 spiro atoms. The van der Waals surface area contributed by atoms with Crippen LogP contribution in [0.4, 0.5) is 13.2 Å². The van der Waals surface area contributed by atoms with Crippen molar-refractivity contribution in [1.29, 1.82) is 0 Å². The summed E-state index contributed by atoms with van der Waals surface area (Å²) in [6.45, 7) is 4.27. The van der Waals surface area contributed by atoms with E-state index in [0.717, 1.165) is 18.4 Å². The van der Waals surface area contributed by atoms with Gasteiger partial charge >= 0.3 is 6.18 Å². The Balaban J connectivity index is 1.20. The Bertz CT molecular complexity index is 1470. The van der Waals surface area contributed by atoms with Crippen LogP contribution in [0.1, 0.15) is 61.9 Å². The molecule has 2 saturated heterocycles. The number of ether oxygens (including phenoxy) is 1. The fourth-order valence-corrected chi connectivity index (χ4v) is 6.23. The molecule has 234 valence electrons. The summed E-state index contributed by atoms with van der Waals surface area (Å²) in [5.74, 6) is -0.474. The fourth-order valence-electron chi connectivity index (χ4n) is 6.23.